The Balaban J connectivity index is 2.50. The van der Waals surface area contributed by atoms with Crippen molar-refractivity contribution in [1.29, 1.82) is 0 Å². The van der Waals surface area contributed by atoms with Crippen molar-refractivity contribution in [2.45, 2.75) is 38.8 Å². The van der Waals surface area contributed by atoms with Gasteiger partial charge in [0.1, 0.15) is 11.2 Å². The Morgan fingerprint density at radius 1 is 1.05 bits per heavy atom. The van der Waals surface area contributed by atoms with Gasteiger partial charge in [0.25, 0.3) is 0 Å². The molecule has 0 bridgehead atoms. The lowest BCUT2D eigenvalue weighted by molar-refractivity contribution is -0.539. The van der Waals surface area contributed by atoms with Crippen LogP contribution in [0.2, 0.25) is 0 Å². The van der Waals surface area contributed by atoms with E-state index in [1.54, 1.807) is 0 Å². The molecule has 1 aliphatic rings. The van der Waals surface area contributed by atoms with Gasteiger partial charge in [-0.05, 0) is 52.0 Å². The van der Waals surface area contributed by atoms with E-state index in [9.17, 15) is 10.4 Å². The van der Waals surface area contributed by atoms with Crippen LogP contribution in [0.3, 0.4) is 0 Å². The number of rotatable bonds is 2. The van der Waals surface area contributed by atoms with Crippen molar-refractivity contribution < 1.29 is 9.95 Å². The third-order valence-electron chi connectivity index (χ3n) is 4.83. The van der Waals surface area contributed by atoms with Crippen LogP contribution in [0, 0.1) is 5.21 Å². The van der Waals surface area contributed by atoms with Crippen LogP contribution in [0.25, 0.3) is 0 Å². The van der Waals surface area contributed by atoms with Crippen molar-refractivity contribution in [3.63, 3.8) is 0 Å². The number of benzene rings is 1. The zero-order chi connectivity index (χ0) is 16.2. The van der Waals surface area contributed by atoms with E-state index in [2.05, 4.69) is 21.1 Å². The van der Waals surface area contributed by atoms with Gasteiger partial charge in [-0.3, -0.25) is 9.22 Å². The molecule has 1 aromatic rings. The summed E-state index contributed by atoms with van der Waals surface area (Å²) in [7, 11) is 6.26. The van der Waals surface area contributed by atoms with Gasteiger partial charge in [-0.15, -0.1) is 5.06 Å². The molecule has 0 spiro atoms. The first-order chi connectivity index (χ1) is 9.40. The van der Waals surface area contributed by atoms with Gasteiger partial charge in [0.2, 0.25) is 0 Å². The monoisotopic (exact) mass is 292 g/mol. The lowest BCUT2D eigenvalue weighted by atomic mass is 9.84. The van der Waals surface area contributed by atoms with Gasteiger partial charge >= 0.3 is 5.84 Å². The van der Waals surface area contributed by atoms with Crippen molar-refractivity contribution in [2.75, 3.05) is 21.1 Å². The average molecular weight is 292 g/mol. The molecule has 2 rings (SSSR count). The summed E-state index contributed by atoms with van der Waals surface area (Å²) < 4.78 is 1.62. The molecular formula is C16H26N3O2+. The van der Waals surface area contributed by atoms with Gasteiger partial charge in [-0.1, -0.05) is 0 Å². The summed E-state index contributed by atoms with van der Waals surface area (Å²) in [5, 5.41) is 24.2. The Hall–Kier alpha value is -1.59. The van der Waals surface area contributed by atoms with Gasteiger partial charge in [0.05, 0.1) is 26.7 Å². The highest BCUT2D eigenvalue weighted by atomic mass is 16.5. The molecule has 1 N–H and O–H groups in total. The second kappa shape index (κ2) is 4.45. The SMILES string of the molecule is CC1(C)N(O)C(c2ccc([N+](C)(C)C)cc2)=[N+]([O-])C1(C)C. The fourth-order valence-electron chi connectivity index (χ4n) is 2.42. The molecule has 1 aromatic carbocycles. The molecule has 0 radical (unpaired) electrons. The quantitative estimate of drug-likeness (QED) is 0.517. The molecule has 0 aliphatic carbocycles. The Bertz CT molecular complexity index is 581. The first-order valence-electron chi connectivity index (χ1n) is 7.16. The van der Waals surface area contributed by atoms with Crippen molar-refractivity contribution in [3.05, 3.63) is 35.0 Å². The van der Waals surface area contributed by atoms with Crippen LogP contribution in [-0.4, -0.2) is 53.1 Å². The Morgan fingerprint density at radius 3 is 1.86 bits per heavy atom. The molecular weight excluding hydrogens is 266 g/mol. The standard InChI is InChI=1S/C16H26N3O2/c1-15(2)16(3,4)18(21)14(17(15)20)12-8-10-13(11-9-12)19(5,6)7/h8-11,20H,1-7H3/q+1. The topological polar surface area (TPSA) is 49.5 Å². The maximum absolute atomic E-state index is 12.6. The number of nitrogens with zero attached hydrogens (tertiary/aromatic N) is 3. The summed E-state index contributed by atoms with van der Waals surface area (Å²) in [6.07, 6.45) is 0. The van der Waals surface area contributed by atoms with Crippen LogP contribution in [0.5, 0.6) is 0 Å². The van der Waals surface area contributed by atoms with Gasteiger partial charge in [-0.2, -0.15) is 0 Å². The van der Waals surface area contributed by atoms with E-state index >= 15 is 0 Å². The molecule has 0 atom stereocenters. The minimum atomic E-state index is -0.712. The Kier molecular flexibility index (Phi) is 3.35. The zero-order valence-electron chi connectivity index (χ0n) is 14.0. The van der Waals surface area contributed by atoms with E-state index < -0.39 is 11.1 Å². The van der Waals surface area contributed by atoms with E-state index in [1.165, 1.54) is 0 Å². The molecule has 0 aromatic heterocycles. The second-order valence-electron chi connectivity index (χ2n) is 7.61. The molecule has 0 saturated carbocycles. The van der Waals surface area contributed by atoms with E-state index in [1.807, 2.05) is 52.0 Å². The largest absolute Gasteiger partial charge is 0.714 e. The number of amidine groups is 1. The number of hydroxylamine groups is 3. The van der Waals surface area contributed by atoms with E-state index in [-0.39, 0.29) is 0 Å². The fourth-order valence-corrected chi connectivity index (χ4v) is 2.42. The summed E-state index contributed by atoms with van der Waals surface area (Å²) in [6, 6.07) is 7.75. The molecule has 5 nitrogen and oxygen atoms in total. The van der Waals surface area contributed by atoms with Crippen molar-refractivity contribution in [1.82, 2.24) is 9.55 Å². The van der Waals surface area contributed by atoms with E-state index in [0.717, 1.165) is 21.1 Å². The number of quaternary nitrogens is 1. The Morgan fingerprint density at radius 2 is 1.52 bits per heavy atom. The van der Waals surface area contributed by atoms with E-state index in [4.69, 9.17) is 0 Å². The van der Waals surface area contributed by atoms with Crippen LogP contribution in [0.1, 0.15) is 33.3 Å². The third kappa shape index (κ3) is 2.21. The molecule has 21 heavy (non-hydrogen) atoms. The van der Waals surface area contributed by atoms with Gasteiger partial charge < -0.3 is 5.21 Å². The summed E-state index contributed by atoms with van der Waals surface area (Å²) in [5.41, 5.74) is 0.486. The first-order valence-corrected chi connectivity index (χ1v) is 7.16. The van der Waals surface area contributed by atoms with Gasteiger partial charge in [0, 0.05) is 0 Å². The van der Waals surface area contributed by atoms with E-state index in [0.29, 0.717) is 10.3 Å². The van der Waals surface area contributed by atoms with Crippen LogP contribution in [-0.2, 0) is 0 Å². The smallest absolute Gasteiger partial charge is 0.313 e. The second-order valence-corrected chi connectivity index (χ2v) is 7.61. The third-order valence-corrected chi connectivity index (χ3v) is 4.83. The number of hydrogen-bond acceptors (Lipinski definition) is 3. The van der Waals surface area contributed by atoms with Crippen LogP contribution >= 0.6 is 0 Å². The molecule has 0 fully saturated rings. The van der Waals surface area contributed by atoms with Crippen LogP contribution < -0.4 is 4.48 Å². The fraction of sp³-hybridized carbons (Fsp3) is 0.562. The molecule has 5 heteroatoms. The van der Waals surface area contributed by atoms with Crippen LogP contribution in [0.4, 0.5) is 5.69 Å². The predicted octanol–water partition coefficient (Wildman–Crippen LogP) is 2.40. The van der Waals surface area contributed by atoms with Crippen molar-refractivity contribution in [2.24, 2.45) is 0 Å². The summed E-state index contributed by atoms with van der Waals surface area (Å²) >= 11 is 0. The zero-order valence-corrected chi connectivity index (χ0v) is 14.0. The van der Waals surface area contributed by atoms with Gasteiger partial charge in [0.15, 0.2) is 5.54 Å². The van der Waals surface area contributed by atoms with Gasteiger partial charge in [-0.25, -0.2) is 5.21 Å². The lowest BCUT2D eigenvalue weighted by Crippen LogP contribution is -2.53. The maximum atomic E-state index is 12.6. The first kappa shape index (κ1) is 15.8. The highest BCUT2D eigenvalue weighted by Crippen LogP contribution is 2.37. The minimum absolute atomic E-state index is 0.304. The predicted molar refractivity (Wildman–Crippen MR) is 85.5 cm³/mol. The summed E-state index contributed by atoms with van der Waals surface area (Å²) in [6.45, 7) is 7.42. The van der Waals surface area contributed by atoms with Crippen LogP contribution in [0.15, 0.2) is 24.3 Å². The van der Waals surface area contributed by atoms with Crippen molar-refractivity contribution in [3.8, 4) is 0 Å². The average Bonchev–Trinajstić information content (AvgIpc) is 2.48. The normalized spacial score (nSPS) is 21.0. The maximum Gasteiger partial charge on any atom is 0.313 e. The molecule has 0 unspecified atom stereocenters. The lowest BCUT2D eigenvalue weighted by Gasteiger charge is -2.33. The minimum Gasteiger partial charge on any atom is -0.714 e. The Labute approximate surface area is 126 Å². The number of hydrogen-bond donors (Lipinski definition) is 1. The molecule has 1 heterocycles. The van der Waals surface area contributed by atoms with Crippen molar-refractivity contribution >= 4 is 11.5 Å². The summed E-state index contributed by atoms with van der Waals surface area (Å²) in [4.78, 5) is 0. The highest BCUT2D eigenvalue weighted by molar-refractivity contribution is 5.96. The molecule has 0 amide bonds. The molecule has 0 saturated heterocycles. The molecule has 116 valence electrons. The summed E-state index contributed by atoms with van der Waals surface area (Å²) in [5.74, 6) is 0.304. The molecule has 1 aliphatic heterocycles. The highest BCUT2D eigenvalue weighted by Gasteiger charge is 2.58.